The zero-order valence-electron chi connectivity index (χ0n) is 29.9. The van der Waals surface area contributed by atoms with E-state index in [0.29, 0.717) is 0 Å². The van der Waals surface area contributed by atoms with E-state index >= 15 is 0 Å². The van der Waals surface area contributed by atoms with Crippen LogP contribution in [0.5, 0.6) is 0 Å². The lowest BCUT2D eigenvalue weighted by Crippen LogP contribution is -2.08. The van der Waals surface area contributed by atoms with Crippen LogP contribution < -0.4 is 0 Å². The molecule has 0 nitrogen and oxygen atoms in total. The Morgan fingerprint density at radius 1 is 0.146 bits per heavy atom. The van der Waals surface area contributed by atoms with Gasteiger partial charge in [0.1, 0.15) is 0 Å². The van der Waals surface area contributed by atoms with Crippen molar-refractivity contribution in [1.29, 1.82) is 0 Å². The topological polar surface area (TPSA) is 0 Å². The van der Waals surface area contributed by atoms with Gasteiger partial charge in [0.2, 0.25) is 0 Å². The molecule has 304 valence electrons. The van der Waals surface area contributed by atoms with Crippen molar-refractivity contribution in [3.05, 3.63) is 0 Å². The predicted molar refractivity (Wildman–Crippen MR) is 238 cm³/mol. The van der Waals surface area contributed by atoms with E-state index in [1.807, 2.05) is 0 Å². The molecule has 0 heteroatoms. The predicted octanol–water partition coefficient (Wildman–Crippen LogP) is 19.3. The first-order valence-electron chi connectivity index (χ1n) is 18.9. The molecule has 5 rings (SSSR count). The molecule has 0 radical (unpaired) electrons. The minimum absolute atomic E-state index is 0. The normalized spacial score (nSPS) is 33.1. The SMILES string of the molecule is C.C.C.C.C.C.C.C.CC1CCC(C)CC1.CC1CCC(C)CC1.CC1CCC(C)CC1.CC1CCC(C)CC1.CC1CCC(C)CC1. The lowest BCUT2D eigenvalue weighted by molar-refractivity contribution is 0.308. The van der Waals surface area contributed by atoms with Gasteiger partial charge in [-0.3, -0.25) is 0 Å². The van der Waals surface area contributed by atoms with Gasteiger partial charge in [0.15, 0.2) is 0 Å². The highest BCUT2D eigenvalue weighted by Crippen LogP contribution is 2.30. The second-order valence-corrected chi connectivity index (χ2v) is 16.8. The fourth-order valence-corrected chi connectivity index (χ4v) is 7.13. The Kier molecular flexibility index (Phi) is 54.9. The van der Waals surface area contributed by atoms with E-state index < -0.39 is 0 Å². The maximum atomic E-state index is 2.37. The average molecular weight is 689 g/mol. The van der Waals surface area contributed by atoms with E-state index in [9.17, 15) is 0 Å². The molecule has 5 aliphatic rings. The van der Waals surface area contributed by atoms with Gasteiger partial charge >= 0.3 is 0 Å². The van der Waals surface area contributed by atoms with Gasteiger partial charge in [0.05, 0.1) is 0 Å². The first kappa shape index (κ1) is 66.3. The van der Waals surface area contributed by atoms with Gasteiger partial charge in [-0.25, -0.2) is 0 Å². The molecule has 48 heavy (non-hydrogen) atoms. The molecule has 0 unspecified atom stereocenters. The van der Waals surface area contributed by atoms with Gasteiger partial charge in [0, 0.05) is 0 Å². The molecular formula is C48H112. The summed E-state index contributed by atoms with van der Waals surface area (Å²) in [6, 6.07) is 0. The quantitative estimate of drug-likeness (QED) is 0.238. The Hall–Kier alpha value is 0. The molecule has 5 aliphatic carbocycles. The van der Waals surface area contributed by atoms with Gasteiger partial charge in [-0.05, 0) is 59.2 Å². The standard InChI is InChI=1S/5C8H16.8CH4/c5*1-7-3-5-8(2)6-4-7;;;;;;;;/h5*7-8H,3-6H2,1-2H3;8*1H4. The summed E-state index contributed by atoms with van der Waals surface area (Å²) in [5, 5.41) is 0. The van der Waals surface area contributed by atoms with Crippen molar-refractivity contribution >= 4 is 0 Å². The van der Waals surface area contributed by atoms with Gasteiger partial charge in [-0.1, -0.05) is 257 Å². The van der Waals surface area contributed by atoms with Crippen LogP contribution in [0.3, 0.4) is 0 Å². The van der Waals surface area contributed by atoms with Crippen molar-refractivity contribution in [2.75, 3.05) is 0 Å². The summed E-state index contributed by atoms with van der Waals surface area (Å²) in [6.07, 6.45) is 29.5. The van der Waals surface area contributed by atoms with Crippen molar-refractivity contribution in [3.8, 4) is 0 Å². The monoisotopic (exact) mass is 689 g/mol. The smallest absolute Gasteiger partial charge is 0.0443 e. The highest BCUT2D eigenvalue weighted by atomic mass is 14.2. The fraction of sp³-hybridized carbons (Fsp3) is 1.00. The summed E-state index contributed by atoms with van der Waals surface area (Å²) in [5.41, 5.74) is 0. The van der Waals surface area contributed by atoms with Crippen LogP contribution >= 0.6 is 0 Å². The van der Waals surface area contributed by atoms with E-state index in [0.717, 1.165) is 59.2 Å². The molecule has 0 heterocycles. The molecule has 5 saturated carbocycles. The Morgan fingerprint density at radius 2 is 0.188 bits per heavy atom. The third-order valence-corrected chi connectivity index (χ3v) is 11.5. The zero-order valence-corrected chi connectivity index (χ0v) is 29.9. The summed E-state index contributed by atoms with van der Waals surface area (Å²) in [5.74, 6) is 10.2. The van der Waals surface area contributed by atoms with E-state index in [-0.39, 0.29) is 59.4 Å². The lowest BCUT2D eigenvalue weighted by atomic mass is 9.84. The highest BCUT2D eigenvalue weighted by molar-refractivity contribution is 4.68. The van der Waals surface area contributed by atoms with Crippen LogP contribution in [0.4, 0.5) is 0 Å². The van der Waals surface area contributed by atoms with Crippen LogP contribution in [0.1, 0.15) is 257 Å². The zero-order chi connectivity index (χ0) is 29.9. The van der Waals surface area contributed by atoms with Crippen LogP contribution in [0, 0.1) is 59.2 Å². The van der Waals surface area contributed by atoms with E-state index in [1.54, 1.807) is 0 Å². The minimum atomic E-state index is 0. The largest absolute Gasteiger partial charge is 0.0776 e. The third kappa shape index (κ3) is 37.3. The maximum Gasteiger partial charge on any atom is -0.0443 e. The Labute approximate surface area is 315 Å². The Morgan fingerprint density at radius 3 is 0.229 bits per heavy atom. The fourth-order valence-electron chi connectivity index (χ4n) is 7.13. The maximum absolute atomic E-state index is 2.37. The molecule has 0 bridgehead atoms. The lowest BCUT2D eigenvalue weighted by Gasteiger charge is -2.22. The number of hydrogen-bond acceptors (Lipinski definition) is 0. The number of rotatable bonds is 0. The molecule has 0 aliphatic heterocycles. The van der Waals surface area contributed by atoms with Crippen molar-refractivity contribution in [1.82, 2.24) is 0 Å². The number of hydrogen-bond donors (Lipinski definition) is 0. The first-order chi connectivity index (χ1) is 18.9. The molecule has 0 N–H and O–H groups in total. The van der Waals surface area contributed by atoms with Crippen LogP contribution in [-0.2, 0) is 0 Å². The van der Waals surface area contributed by atoms with E-state index in [1.165, 1.54) is 128 Å². The molecule has 0 aromatic rings. The van der Waals surface area contributed by atoms with Crippen LogP contribution in [-0.4, -0.2) is 0 Å². The Balaban J connectivity index is -0.0000000667. The molecule has 0 aromatic heterocycles. The average Bonchev–Trinajstić information content (AvgIpc) is 2.94. The minimum Gasteiger partial charge on any atom is -0.0776 e. The molecule has 5 fully saturated rings. The molecular weight excluding hydrogens is 577 g/mol. The van der Waals surface area contributed by atoms with Crippen LogP contribution in [0.15, 0.2) is 0 Å². The molecule has 0 saturated heterocycles. The summed E-state index contributed by atoms with van der Waals surface area (Å²) in [6.45, 7) is 23.7. The van der Waals surface area contributed by atoms with Gasteiger partial charge in [-0.15, -0.1) is 0 Å². The first-order valence-corrected chi connectivity index (χ1v) is 18.9. The van der Waals surface area contributed by atoms with Crippen LogP contribution in [0.25, 0.3) is 0 Å². The van der Waals surface area contributed by atoms with Crippen LogP contribution in [0.2, 0.25) is 0 Å². The third-order valence-electron chi connectivity index (χ3n) is 11.5. The summed E-state index contributed by atoms with van der Waals surface area (Å²) >= 11 is 0. The summed E-state index contributed by atoms with van der Waals surface area (Å²) < 4.78 is 0. The van der Waals surface area contributed by atoms with Gasteiger partial charge in [-0.2, -0.15) is 0 Å². The van der Waals surface area contributed by atoms with Crippen molar-refractivity contribution in [3.63, 3.8) is 0 Å². The summed E-state index contributed by atoms with van der Waals surface area (Å²) in [4.78, 5) is 0. The van der Waals surface area contributed by atoms with Gasteiger partial charge < -0.3 is 0 Å². The Bertz CT molecular complexity index is 358. The van der Waals surface area contributed by atoms with Gasteiger partial charge in [0.25, 0.3) is 0 Å². The highest BCUT2D eigenvalue weighted by Gasteiger charge is 2.16. The molecule has 0 atom stereocenters. The summed E-state index contributed by atoms with van der Waals surface area (Å²) in [7, 11) is 0. The molecule has 0 spiro atoms. The second kappa shape index (κ2) is 39.8. The molecule has 0 aromatic carbocycles. The second-order valence-electron chi connectivity index (χ2n) is 16.8. The van der Waals surface area contributed by atoms with Crippen molar-refractivity contribution < 1.29 is 0 Å². The van der Waals surface area contributed by atoms with Crippen molar-refractivity contribution in [2.24, 2.45) is 59.2 Å². The van der Waals surface area contributed by atoms with E-state index in [2.05, 4.69) is 69.2 Å². The van der Waals surface area contributed by atoms with Crippen molar-refractivity contribution in [2.45, 2.75) is 257 Å². The molecule has 0 amide bonds. The van der Waals surface area contributed by atoms with E-state index in [4.69, 9.17) is 0 Å².